The van der Waals surface area contributed by atoms with E-state index in [0.29, 0.717) is 22.3 Å². The van der Waals surface area contributed by atoms with Crippen LogP contribution in [0.1, 0.15) is 22.3 Å². The number of nitriles is 2. The molecule has 0 bridgehead atoms. The molecule has 218 valence electrons. The van der Waals surface area contributed by atoms with E-state index in [1.165, 1.54) is 48.5 Å². The van der Waals surface area contributed by atoms with E-state index in [2.05, 4.69) is 9.97 Å². The summed E-state index contributed by atoms with van der Waals surface area (Å²) in [5.74, 6) is -2.98. The molecule has 0 radical (unpaired) electrons. The van der Waals surface area contributed by atoms with Crippen molar-refractivity contribution in [1.29, 1.82) is 10.5 Å². The number of carbonyl (C=O) groups is 2. The van der Waals surface area contributed by atoms with Gasteiger partial charge in [0, 0.05) is 35.9 Å². The molecule has 14 heteroatoms. The zero-order valence-corrected chi connectivity index (χ0v) is 24.2. The van der Waals surface area contributed by atoms with Crippen molar-refractivity contribution in [2.45, 2.75) is 13.2 Å². The number of carbonyl (C=O) groups excluding carboxylic acids is 2. The van der Waals surface area contributed by atoms with Gasteiger partial charge in [-0.15, -0.1) is 10.1 Å². The number of hydroxylamine groups is 2. The van der Waals surface area contributed by atoms with Crippen LogP contribution in [-0.4, -0.2) is 32.3 Å². The van der Waals surface area contributed by atoms with Crippen LogP contribution < -0.4 is 10.1 Å². The van der Waals surface area contributed by atoms with Crippen LogP contribution in [0.3, 0.4) is 0 Å². The third kappa shape index (κ3) is 8.53. The van der Waals surface area contributed by atoms with Crippen molar-refractivity contribution >= 4 is 58.1 Å². The van der Waals surface area contributed by atoms with E-state index >= 15 is 0 Å². The minimum absolute atomic E-state index is 0.0174. The Labute approximate surface area is 262 Å². The highest BCUT2D eigenvalue weighted by atomic mass is 32.1. The molecule has 0 aliphatic carbocycles. The van der Waals surface area contributed by atoms with Crippen LogP contribution in [0.15, 0.2) is 97.6 Å². The minimum Gasteiger partial charge on any atom is -0.464 e. The maximum Gasteiger partial charge on any atom is 0.444 e. The maximum absolute atomic E-state index is 13.0. The Bertz CT molecular complexity index is 1580. The summed E-state index contributed by atoms with van der Waals surface area (Å²) in [6, 6.07) is 22.5. The highest BCUT2D eigenvalue weighted by Gasteiger charge is 2.30. The van der Waals surface area contributed by atoms with E-state index in [9.17, 15) is 9.59 Å². The van der Waals surface area contributed by atoms with Gasteiger partial charge in [0.25, 0.3) is 10.3 Å². The minimum atomic E-state index is -1.49. The average molecular weight is 625 g/mol. The topological polar surface area (TPSA) is 151 Å². The third-order valence-electron chi connectivity index (χ3n) is 5.48. The number of hydrogen-bond acceptors (Lipinski definition) is 12. The summed E-state index contributed by atoms with van der Waals surface area (Å²) < 4.78 is 11.2. The number of nitrogens with zero attached hydrogens (tertiary/aromatic N) is 6. The summed E-state index contributed by atoms with van der Waals surface area (Å²) in [7, 11) is 0. The van der Waals surface area contributed by atoms with Crippen molar-refractivity contribution in [3.8, 4) is 12.1 Å². The van der Waals surface area contributed by atoms with E-state index < -0.39 is 11.9 Å². The first-order chi connectivity index (χ1) is 21.4. The van der Waals surface area contributed by atoms with E-state index in [0.717, 1.165) is 10.1 Å². The molecule has 0 N–H and O–H groups in total. The lowest BCUT2D eigenvalue weighted by Gasteiger charge is -2.25. The SMILES string of the molecule is N#Cc1ccc(N(OC(=O)C(=O)ON(C(=S)OCc2cccnc2)c2ccc(C#N)cc2)C(=S)OCc2cccnc2)cc1. The molecule has 12 nitrogen and oxygen atoms in total. The number of hydrogen-bond donors (Lipinski definition) is 0. The average Bonchev–Trinajstić information content (AvgIpc) is 3.08. The predicted molar refractivity (Wildman–Crippen MR) is 163 cm³/mol. The molecular weight excluding hydrogens is 605 g/mol. The van der Waals surface area contributed by atoms with Gasteiger partial charge in [-0.25, -0.2) is 9.59 Å². The Kier molecular flexibility index (Phi) is 10.8. The molecule has 4 rings (SSSR count). The van der Waals surface area contributed by atoms with Crippen molar-refractivity contribution < 1.29 is 28.7 Å². The van der Waals surface area contributed by atoms with Crippen LogP contribution in [0.2, 0.25) is 0 Å². The Hall–Kier alpha value is -5.96. The van der Waals surface area contributed by atoms with Crippen LogP contribution in [0.5, 0.6) is 0 Å². The second-order valence-electron chi connectivity index (χ2n) is 8.50. The molecule has 44 heavy (non-hydrogen) atoms. The molecular formula is C30H20N6O6S2. The molecule has 0 unspecified atom stereocenters. The number of anilines is 2. The Morgan fingerprint density at radius 1 is 0.659 bits per heavy atom. The van der Waals surface area contributed by atoms with Crippen LogP contribution in [0.4, 0.5) is 11.4 Å². The summed E-state index contributed by atoms with van der Waals surface area (Å²) >= 11 is 10.7. The van der Waals surface area contributed by atoms with E-state index in [1.54, 1.807) is 49.1 Å². The van der Waals surface area contributed by atoms with Gasteiger partial charge in [0.1, 0.15) is 13.2 Å². The van der Waals surface area contributed by atoms with E-state index in [4.69, 9.17) is 54.1 Å². The fourth-order valence-corrected chi connectivity index (χ4v) is 3.75. The first kappa shape index (κ1) is 31.0. The largest absolute Gasteiger partial charge is 0.464 e. The van der Waals surface area contributed by atoms with E-state index in [-0.39, 0.29) is 34.9 Å². The molecule has 2 aromatic carbocycles. The van der Waals surface area contributed by atoms with E-state index in [1.807, 2.05) is 12.1 Å². The van der Waals surface area contributed by atoms with Gasteiger partial charge in [0.05, 0.1) is 34.6 Å². The fraction of sp³-hybridized carbons (Fsp3) is 0.0667. The van der Waals surface area contributed by atoms with Crippen LogP contribution in [0.25, 0.3) is 0 Å². The summed E-state index contributed by atoms with van der Waals surface area (Å²) in [6.45, 7) is -0.0348. The molecule has 0 amide bonds. The molecule has 4 aromatic rings. The van der Waals surface area contributed by atoms with Gasteiger partial charge in [0.15, 0.2) is 0 Å². The summed E-state index contributed by atoms with van der Waals surface area (Å²) in [5.41, 5.74) is 2.39. The van der Waals surface area contributed by atoms with Crippen molar-refractivity contribution in [2.75, 3.05) is 10.1 Å². The lowest BCUT2D eigenvalue weighted by atomic mass is 10.2. The van der Waals surface area contributed by atoms with Crippen LogP contribution >= 0.6 is 24.4 Å². The zero-order chi connectivity index (χ0) is 31.3. The molecule has 0 aliphatic heterocycles. The Morgan fingerprint density at radius 3 is 1.36 bits per heavy atom. The molecule has 0 atom stereocenters. The van der Waals surface area contributed by atoms with Gasteiger partial charge >= 0.3 is 11.9 Å². The molecule has 0 saturated heterocycles. The second kappa shape index (κ2) is 15.3. The highest BCUT2D eigenvalue weighted by molar-refractivity contribution is 7.80. The lowest BCUT2D eigenvalue weighted by molar-refractivity contribution is -0.167. The van der Waals surface area contributed by atoms with Crippen molar-refractivity contribution in [2.24, 2.45) is 0 Å². The maximum atomic E-state index is 13.0. The predicted octanol–water partition coefficient (Wildman–Crippen LogP) is 4.45. The number of thiocarbonyl (C=S) groups is 2. The number of pyridine rings is 2. The van der Waals surface area contributed by atoms with Gasteiger partial charge in [-0.1, -0.05) is 12.1 Å². The monoisotopic (exact) mass is 624 g/mol. The number of ether oxygens (including phenoxy) is 2. The molecule has 0 saturated carbocycles. The summed E-state index contributed by atoms with van der Waals surface area (Å²) in [6.07, 6.45) is 6.31. The molecule has 0 fully saturated rings. The molecule has 2 aromatic heterocycles. The Morgan fingerprint density at radius 2 is 1.05 bits per heavy atom. The number of rotatable bonds is 6. The Balaban J connectivity index is 1.52. The lowest BCUT2D eigenvalue weighted by Crippen LogP contribution is -2.41. The summed E-state index contributed by atoms with van der Waals surface area (Å²) in [5, 5.41) is 19.3. The van der Waals surface area contributed by atoms with Gasteiger partial charge in [0.2, 0.25) is 0 Å². The highest BCUT2D eigenvalue weighted by Crippen LogP contribution is 2.21. The molecule has 0 spiro atoms. The fourth-order valence-electron chi connectivity index (χ4n) is 3.35. The smallest absolute Gasteiger partial charge is 0.444 e. The number of aromatic nitrogens is 2. The van der Waals surface area contributed by atoms with Crippen LogP contribution in [0, 0.1) is 22.7 Å². The molecule has 2 heterocycles. The quantitative estimate of drug-likeness (QED) is 0.169. The van der Waals surface area contributed by atoms with Gasteiger partial charge in [-0.2, -0.15) is 10.5 Å². The number of benzene rings is 2. The first-order valence-electron chi connectivity index (χ1n) is 12.5. The zero-order valence-electron chi connectivity index (χ0n) is 22.6. The van der Waals surface area contributed by atoms with Crippen molar-refractivity contribution in [3.05, 3.63) is 120 Å². The van der Waals surface area contributed by atoms with Crippen LogP contribution in [-0.2, 0) is 42.0 Å². The standard InChI is InChI=1S/C30H20N6O6S2/c31-15-21-5-9-25(10-6-21)35(29(43)39-19-23-3-1-13-33-17-23)41-27(37)28(38)42-36(26-11-7-22(16-32)8-12-26)30(44)40-20-24-4-2-14-34-18-24/h1-14,17-18H,19-20H2. The second-order valence-corrected chi connectivity index (χ2v) is 9.19. The van der Waals surface area contributed by atoms with Crippen molar-refractivity contribution in [3.63, 3.8) is 0 Å². The molecule has 0 aliphatic rings. The van der Waals surface area contributed by atoms with Crippen molar-refractivity contribution in [1.82, 2.24) is 9.97 Å². The van der Waals surface area contributed by atoms with Gasteiger partial charge in [-0.3, -0.25) is 9.97 Å². The third-order valence-corrected chi connectivity index (χ3v) is 6.05. The summed E-state index contributed by atoms with van der Waals surface area (Å²) in [4.78, 5) is 44.6. The first-order valence-corrected chi connectivity index (χ1v) is 13.4. The van der Waals surface area contributed by atoms with Gasteiger partial charge in [-0.05, 0) is 85.1 Å². The van der Waals surface area contributed by atoms with Gasteiger partial charge < -0.3 is 19.1 Å². The normalized spacial score (nSPS) is 9.86.